The summed E-state index contributed by atoms with van der Waals surface area (Å²) in [4.78, 5) is 2.28. The molecule has 0 aromatic heterocycles. The fourth-order valence-corrected chi connectivity index (χ4v) is 3.29. The zero-order chi connectivity index (χ0) is 10.7. The Labute approximate surface area is 93.7 Å². The monoisotopic (exact) mass is 211 g/mol. The lowest BCUT2D eigenvalue weighted by Crippen LogP contribution is -2.54. The first-order valence-corrected chi connectivity index (χ1v) is 6.68. The van der Waals surface area contributed by atoms with E-state index in [0.717, 1.165) is 12.8 Å². The Morgan fingerprint density at radius 2 is 1.53 bits per heavy atom. The second-order valence-electron chi connectivity index (χ2n) is 5.45. The third kappa shape index (κ3) is 2.54. The van der Waals surface area contributed by atoms with Crippen LogP contribution in [0, 0.1) is 0 Å². The summed E-state index contributed by atoms with van der Waals surface area (Å²) in [6, 6.07) is 0.641. The van der Waals surface area contributed by atoms with Gasteiger partial charge in [-0.1, -0.05) is 25.7 Å². The van der Waals surface area contributed by atoms with Gasteiger partial charge in [-0.05, 0) is 45.6 Å². The van der Waals surface area contributed by atoms with E-state index < -0.39 is 5.72 Å². The number of hydrogen-bond acceptors (Lipinski definition) is 2. The molecule has 2 heterocycles. The minimum absolute atomic E-state index is 0.472. The highest BCUT2D eigenvalue weighted by Crippen LogP contribution is 2.35. The molecule has 1 N–H and O–H groups in total. The van der Waals surface area contributed by atoms with Crippen LogP contribution >= 0.6 is 0 Å². The summed E-state index contributed by atoms with van der Waals surface area (Å²) >= 11 is 0. The molecular formula is C13H25NO. The number of rotatable bonds is 0. The molecule has 2 heteroatoms. The van der Waals surface area contributed by atoms with Crippen LogP contribution in [0.4, 0.5) is 0 Å². The van der Waals surface area contributed by atoms with Crippen LogP contribution in [0.15, 0.2) is 0 Å². The van der Waals surface area contributed by atoms with Crippen molar-refractivity contribution in [1.29, 1.82) is 0 Å². The van der Waals surface area contributed by atoms with E-state index >= 15 is 0 Å². The molecule has 0 aliphatic carbocycles. The molecular weight excluding hydrogens is 186 g/mol. The molecule has 2 unspecified atom stereocenters. The first kappa shape index (κ1) is 11.4. The molecule has 2 atom stereocenters. The second-order valence-corrected chi connectivity index (χ2v) is 5.45. The number of hydrogen-bond donors (Lipinski definition) is 1. The molecule has 0 aromatic carbocycles. The van der Waals surface area contributed by atoms with Gasteiger partial charge < -0.3 is 5.11 Å². The second kappa shape index (κ2) is 4.84. The fourth-order valence-electron chi connectivity index (χ4n) is 3.29. The Balaban J connectivity index is 2.05. The quantitative estimate of drug-likeness (QED) is 0.666. The fraction of sp³-hybridized carbons (Fsp3) is 1.00. The van der Waals surface area contributed by atoms with Gasteiger partial charge >= 0.3 is 0 Å². The van der Waals surface area contributed by atoms with Gasteiger partial charge in [0.2, 0.25) is 0 Å². The van der Waals surface area contributed by atoms with E-state index in [0.29, 0.717) is 6.04 Å². The van der Waals surface area contributed by atoms with E-state index in [1.165, 1.54) is 51.4 Å². The van der Waals surface area contributed by atoms with Gasteiger partial charge in [-0.15, -0.1) is 0 Å². The highest BCUT2D eigenvalue weighted by atomic mass is 16.3. The standard InChI is InChI=1S/C13H25NO/c1-14-12-8-5-3-2-4-6-10-13(14,15)11-7-9-12/h12,15H,2-11H2,1H3. The molecule has 0 aromatic rings. The minimum atomic E-state index is -0.472. The molecule has 2 rings (SSSR count). The molecule has 2 aliphatic heterocycles. The van der Waals surface area contributed by atoms with Crippen molar-refractivity contribution in [2.24, 2.45) is 0 Å². The normalized spacial score (nSPS) is 40.0. The predicted octanol–water partition coefficient (Wildman–Crippen LogP) is 2.90. The van der Waals surface area contributed by atoms with Crippen LogP contribution in [0.1, 0.15) is 64.2 Å². The van der Waals surface area contributed by atoms with Crippen molar-refractivity contribution in [3.05, 3.63) is 0 Å². The van der Waals surface area contributed by atoms with Gasteiger partial charge in [0.25, 0.3) is 0 Å². The van der Waals surface area contributed by atoms with E-state index in [1.54, 1.807) is 0 Å². The van der Waals surface area contributed by atoms with Crippen LogP contribution in [0.3, 0.4) is 0 Å². The third-order valence-electron chi connectivity index (χ3n) is 4.43. The van der Waals surface area contributed by atoms with Crippen molar-refractivity contribution in [3.63, 3.8) is 0 Å². The maximum Gasteiger partial charge on any atom is 0.118 e. The molecule has 2 nitrogen and oxygen atoms in total. The smallest absolute Gasteiger partial charge is 0.118 e. The number of nitrogens with zero attached hydrogens (tertiary/aromatic N) is 1. The molecule has 2 fully saturated rings. The Hall–Kier alpha value is -0.0800. The Morgan fingerprint density at radius 3 is 2.40 bits per heavy atom. The molecule has 88 valence electrons. The van der Waals surface area contributed by atoms with Gasteiger partial charge in [0.05, 0.1) is 0 Å². The topological polar surface area (TPSA) is 23.5 Å². The van der Waals surface area contributed by atoms with E-state index in [-0.39, 0.29) is 0 Å². The lowest BCUT2D eigenvalue weighted by molar-refractivity contribution is -0.150. The van der Waals surface area contributed by atoms with Crippen molar-refractivity contribution in [2.45, 2.75) is 76.0 Å². The van der Waals surface area contributed by atoms with Crippen LogP contribution in [0.2, 0.25) is 0 Å². The average molecular weight is 211 g/mol. The van der Waals surface area contributed by atoms with Crippen LogP contribution < -0.4 is 0 Å². The van der Waals surface area contributed by atoms with Crippen molar-refractivity contribution in [3.8, 4) is 0 Å². The number of piperidine rings is 1. The lowest BCUT2D eigenvalue weighted by Gasteiger charge is -2.47. The van der Waals surface area contributed by atoms with Gasteiger partial charge in [0.1, 0.15) is 5.72 Å². The van der Waals surface area contributed by atoms with Crippen molar-refractivity contribution < 1.29 is 5.11 Å². The number of fused-ring (bicyclic) bond motifs is 2. The van der Waals surface area contributed by atoms with Crippen molar-refractivity contribution in [1.82, 2.24) is 4.90 Å². The minimum Gasteiger partial charge on any atom is -0.376 e. The van der Waals surface area contributed by atoms with E-state index in [4.69, 9.17) is 0 Å². The van der Waals surface area contributed by atoms with Crippen LogP contribution in [-0.2, 0) is 0 Å². The van der Waals surface area contributed by atoms with Gasteiger partial charge in [0.15, 0.2) is 0 Å². The largest absolute Gasteiger partial charge is 0.376 e. The molecule has 0 amide bonds. The van der Waals surface area contributed by atoms with Crippen molar-refractivity contribution >= 4 is 0 Å². The van der Waals surface area contributed by atoms with Gasteiger partial charge in [-0.25, -0.2) is 0 Å². The Bertz CT molecular complexity index is 207. The average Bonchev–Trinajstić information content (AvgIpc) is 2.21. The van der Waals surface area contributed by atoms with Crippen molar-refractivity contribution in [2.75, 3.05) is 7.05 Å². The molecule has 0 radical (unpaired) electrons. The van der Waals surface area contributed by atoms with Crippen LogP contribution in [0.25, 0.3) is 0 Å². The Morgan fingerprint density at radius 1 is 0.933 bits per heavy atom. The van der Waals surface area contributed by atoms with E-state index in [1.807, 2.05) is 0 Å². The maximum absolute atomic E-state index is 10.6. The summed E-state index contributed by atoms with van der Waals surface area (Å²) in [7, 11) is 2.13. The highest BCUT2D eigenvalue weighted by Gasteiger charge is 2.38. The summed E-state index contributed by atoms with van der Waals surface area (Å²) in [5.41, 5.74) is -0.472. The summed E-state index contributed by atoms with van der Waals surface area (Å²) in [6.07, 6.45) is 12.4. The highest BCUT2D eigenvalue weighted by molar-refractivity contribution is 4.88. The van der Waals surface area contributed by atoms with Gasteiger partial charge in [-0.2, -0.15) is 0 Å². The lowest BCUT2D eigenvalue weighted by atomic mass is 9.86. The predicted molar refractivity (Wildman–Crippen MR) is 62.7 cm³/mol. The molecule has 0 spiro atoms. The first-order chi connectivity index (χ1) is 7.22. The zero-order valence-electron chi connectivity index (χ0n) is 10.0. The van der Waals surface area contributed by atoms with E-state index in [2.05, 4.69) is 11.9 Å². The molecule has 2 saturated heterocycles. The SMILES string of the molecule is CN1C2CCCCCCCC1(O)CCC2. The maximum atomic E-state index is 10.6. The van der Waals surface area contributed by atoms with Gasteiger partial charge in [-0.3, -0.25) is 4.90 Å². The Kier molecular flexibility index (Phi) is 3.68. The van der Waals surface area contributed by atoms with Crippen LogP contribution in [-0.4, -0.2) is 28.8 Å². The molecule has 2 bridgehead atoms. The van der Waals surface area contributed by atoms with E-state index in [9.17, 15) is 5.11 Å². The summed E-state index contributed by atoms with van der Waals surface area (Å²) < 4.78 is 0. The molecule has 2 aliphatic rings. The summed E-state index contributed by atoms with van der Waals surface area (Å²) in [6.45, 7) is 0. The van der Waals surface area contributed by atoms with Crippen LogP contribution in [0.5, 0.6) is 0 Å². The summed E-state index contributed by atoms with van der Waals surface area (Å²) in [5.74, 6) is 0. The molecule has 0 saturated carbocycles. The zero-order valence-corrected chi connectivity index (χ0v) is 10.0. The summed E-state index contributed by atoms with van der Waals surface area (Å²) in [5, 5.41) is 10.6. The first-order valence-electron chi connectivity index (χ1n) is 6.68. The van der Waals surface area contributed by atoms with Gasteiger partial charge in [0, 0.05) is 6.04 Å². The third-order valence-corrected chi connectivity index (χ3v) is 4.43. The number of aliphatic hydroxyl groups is 1. The molecule has 15 heavy (non-hydrogen) atoms.